The average molecular weight is 561 g/mol. The van der Waals surface area contributed by atoms with Gasteiger partial charge in [0.1, 0.15) is 10.6 Å². The van der Waals surface area contributed by atoms with Crippen molar-refractivity contribution < 1.29 is 27.2 Å². The number of hydrogen-bond acceptors (Lipinski definition) is 10. The molecule has 1 saturated heterocycles. The van der Waals surface area contributed by atoms with Crippen LogP contribution in [0.2, 0.25) is 5.02 Å². The summed E-state index contributed by atoms with van der Waals surface area (Å²) in [5.41, 5.74) is 0.209. The molecule has 0 spiro atoms. The molecule has 3 aromatic rings. The lowest BCUT2D eigenvalue weighted by atomic mass is 10.2. The van der Waals surface area contributed by atoms with E-state index in [-0.39, 0.29) is 42.8 Å². The number of nitro benzene ring substituents is 2. The van der Waals surface area contributed by atoms with Crippen molar-refractivity contribution in [2.24, 2.45) is 4.99 Å². The highest BCUT2D eigenvalue weighted by Crippen LogP contribution is 2.33. The molecule has 4 rings (SSSR count). The van der Waals surface area contributed by atoms with Gasteiger partial charge in [0.2, 0.25) is 0 Å². The molecule has 1 fully saturated rings. The first-order valence-corrected chi connectivity index (χ1v) is 12.6. The maximum atomic E-state index is 12.6. The van der Waals surface area contributed by atoms with Crippen LogP contribution in [0.5, 0.6) is 5.75 Å². The van der Waals surface area contributed by atoms with Crippen molar-refractivity contribution in [2.75, 3.05) is 0 Å². The van der Waals surface area contributed by atoms with Crippen LogP contribution in [0.25, 0.3) is 6.08 Å². The predicted octanol–water partition coefficient (Wildman–Crippen LogP) is 4.82. The molecule has 1 N–H and O–H groups in total. The molecule has 1 heterocycles. The largest absolute Gasteiger partial charge is 0.379 e. The highest BCUT2D eigenvalue weighted by atomic mass is 35.5. The van der Waals surface area contributed by atoms with E-state index in [0.717, 1.165) is 42.1 Å². The van der Waals surface area contributed by atoms with Crippen LogP contribution >= 0.6 is 23.4 Å². The number of rotatable bonds is 7. The summed E-state index contributed by atoms with van der Waals surface area (Å²) >= 11 is 7.04. The minimum Gasteiger partial charge on any atom is -0.379 e. The lowest BCUT2D eigenvalue weighted by molar-refractivity contribution is -0.385. The Kier molecular flexibility index (Phi) is 7.24. The fraction of sp³-hybridized carbons (Fsp3) is 0. The number of nitrogens with zero attached hydrogens (tertiary/aromatic N) is 3. The van der Waals surface area contributed by atoms with Crippen molar-refractivity contribution in [3.63, 3.8) is 0 Å². The molecule has 0 aliphatic carbocycles. The summed E-state index contributed by atoms with van der Waals surface area (Å²) in [6.45, 7) is 0. The van der Waals surface area contributed by atoms with Crippen molar-refractivity contribution in [1.29, 1.82) is 0 Å². The molecule has 1 amide bonds. The van der Waals surface area contributed by atoms with Gasteiger partial charge < -0.3 is 9.50 Å². The van der Waals surface area contributed by atoms with Crippen molar-refractivity contribution >= 4 is 67.7 Å². The van der Waals surface area contributed by atoms with E-state index < -0.39 is 25.9 Å². The normalized spacial score (nSPS) is 15.5. The third-order valence-corrected chi connectivity index (χ3v) is 7.19. The van der Waals surface area contributed by atoms with Crippen LogP contribution in [0.15, 0.2) is 81.5 Å². The SMILES string of the molecule is O=C1NC(=Nc2ccc([N+](=O)[O-])cc2Cl)S/C1=C/c1cccc(OS(=O)(=O)c2ccc([N+](=O)[O-])cc2)c1. The third kappa shape index (κ3) is 6.11. The molecule has 0 radical (unpaired) electrons. The molecule has 0 bridgehead atoms. The molecule has 0 unspecified atom stereocenters. The van der Waals surface area contributed by atoms with E-state index >= 15 is 0 Å². The van der Waals surface area contributed by atoms with Crippen LogP contribution in [-0.2, 0) is 14.9 Å². The van der Waals surface area contributed by atoms with Gasteiger partial charge in [-0.25, -0.2) is 4.99 Å². The molecular weight excluding hydrogens is 548 g/mol. The minimum absolute atomic E-state index is 0.0352. The Balaban J connectivity index is 1.52. The minimum atomic E-state index is -4.27. The molecule has 1 aliphatic heterocycles. The first-order valence-electron chi connectivity index (χ1n) is 10.0. The van der Waals surface area contributed by atoms with Crippen LogP contribution in [-0.4, -0.2) is 29.3 Å². The summed E-state index contributed by atoms with van der Waals surface area (Å²) in [5.74, 6) is -0.505. The lowest BCUT2D eigenvalue weighted by Crippen LogP contribution is -2.19. The van der Waals surface area contributed by atoms with Crippen LogP contribution in [0.3, 0.4) is 0 Å². The van der Waals surface area contributed by atoms with Crippen LogP contribution in [0.4, 0.5) is 17.1 Å². The molecule has 1 aliphatic rings. The second-order valence-corrected chi connectivity index (χ2v) is 10.2. The molecule has 188 valence electrons. The fourth-order valence-electron chi connectivity index (χ4n) is 3.01. The number of aliphatic imine (C=N–C) groups is 1. The van der Waals surface area contributed by atoms with Gasteiger partial charge in [-0.1, -0.05) is 23.7 Å². The van der Waals surface area contributed by atoms with Gasteiger partial charge in [-0.3, -0.25) is 25.0 Å². The summed E-state index contributed by atoms with van der Waals surface area (Å²) in [6, 6.07) is 13.9. The smallest absolute Gasteiger partial charge is 0.339 e. The number of carbonyl (C=O) groups excluding carboxylic acids is 1. The number of hydrogen-bond donors (Lipinski definition) is 1. The Labute approximate surface area is 218 Å². The summed E-state index contributed by atoms with van der Waals surface area (Å²) in [6.07, 6.45) is 1.49. The summed E-state index contributed by atoms with van der Waals surface area (Å²) < 4.78 is 30.2. The molecule has 0 atom stereocenters. The van der Waals surface area contributed by atoms with E-state index in [1.165, 1.54) is 36.4 Å². The first kappa shape index (κ1) is 25.8. The van der Waals surface area contributed by atoms with Gasteiger partial charge >= 0.3 is 10.1 Å². The highest BCUT2D eigenvalue weighted by Gasteiger charge is 2.25. The van der Waals surface area contributed by atoms with Gasteiger partial charge in [-0.2, -0.15) is 8.42 Å². The maximum absolute atomic E-state index is 12.6. The van der Waals surface area contributed by atoms with Crippen LogP contribution < -0.4 is 9.50 Å². The Hall–Kier alpha value is -4.27. The van der Waals surface area contributed by atoms with E-state index in [2.05, 4.69) is 10.3 Å². The zero-order valence-corrected chi connectivity index (χ0v) is 20.6. The van der Waals surface area contributed by atoms with E-state index in [1.54, 1.807) is 6.07 Å². The standard InChI is InChI=1S/C22H13ClN4O8S2/c23-18-12-15(27(31)32)6-9-19(18)24-22-25-21(28)20(36-22)11-13-2-1-3-16(10-13)35-37(33,34)17-7-4-14(5-8-17)26(29)30/h1-12H,(H,24,25,28)/b20-11+. The molecule has 12 nitrogen and oxygen atoms in total. The van der Waals surface area contributed by atoms with Gasteiger partial charge in [0.15, 0.2) is 5.17 Å². The number of nitro groups is 2. The van der Waals surface area contributed by atoms with Crippen molar-refractivity contribution in [3.05, 3.63) is 102 Å². The lowest BCUT2D eigenvalue weighted by Gasteiger charge is -2.07. The average Bonchev–Trinajstić information content (AvgIpc) is 3.18. The number of halogens is 1. The van der Waals surface area contributed by atoms with Crippen molar-refractivity contribution in [1.82, 2.24) is 5.32 Å². The number of carbonyl (C=O) groups is 1. The van der Waals surface area contributed by atoms with Crippen LogP contribution in [0.1, 0.15) is 5.56 Å². The quantitative estimate of drug-likeness (QED) is 0.184. The van der Waals surface area contributed by atoms with Crippen LogP contribution in [0, 0.1) is 20.2 Å². The molecule has 3 aromatic carbocycles. The molecule has 0 aromatic heterocycles. The van der Waals surface area contributed by atoms with E-state index in [4.69, 9.17) is 15.8 Å². The zero-order chi connectivity index (χ0) is 26.7. The highest BCUT2D eigenvalue weighted by molar-refractivity contribution is 8.18. The second-order valence-electron chi connectivity index (χ2n) is 7.24. The number of nitrogens with one attached hydrogen (secondary N) is 1. The third-order valence-electron chi connectivity index (χ3n) is 4.71. The summed E-state index contributed by atoms with van der Waals surface area (Å²) in [7, 11) is -4.27. The number of non-ortho nitro benzene ring substituents is 2. The number of amidine groups is 1. The van der Waals surface area contributed by atoms with Crippen molar-refractivity contribution in [2.45, 2.75) is 4.90 Å². The Morgan fingerprint density at radius 3 is 2.30 bits per heavy atom. The van der Waals surface area contributed by atoms with Gasteiger partial charge in [0.25, 0.3) is 17.3 Å². The molecule has 15 heteroatoms. The predicted molar refractivity (Wildman–Crippen MR) is 136 cm³/mol. The monoisotopic (exact) mass is 560 g/mol. The summed E-state index contributed by atoms with van der Waals surface area (Å²) in [4.78, 5) is 37.0. The number of thioether (sulfide) groups is 1. The van der Waals surface area contributed by atoms with Gasteiger partial charge in [-0.15, -0.1) is 0 Å². The van der Waals surface area contributed by atoms with E-state index in [0.29, 0.717) is 5.56 Å². The van der Waals surface area contributed by atoms with Gasteiger partial charge in [-0.05, 0) is 53.7 Å². The van der Waals surface area contributed by atoms with Crippen molar-refractivity contribution in [3.8, 4) is 5.75 Å². The Bertz CT molecular complexity index is 1610. The fourth-order valence-corrected chi connectivity index (χ4v) is 4.98. The maximum Gasteiger partial charge on any atom is 0.339 e. The molecule has 37 heavy (non-hydrogen) atoms. The summed E-state index contributed by atoms with van der Waals surface area (Å²) in [5, 5.41) is 24.4. The topological polar surface area (TPSA) is 171 Å². The second kappa shape index (κ2) is 10.4. The number of amides is 1. The first-order chi connectivity index (χ1) is 17.5. The van der Waals surface area contributed by atoms with E-state index in [1.807, 2.05) is 0 Å². The molecule has 0 saturated carbocycles. The van der Waals surface area contributed by atoms with Gasteiger partial charge in [0.05, 0.1) is 25.5 Å². The zero-order valence-electron chi connectivity index (χ0n) is 18.2. The Morgan fingerprint density at radius 2 is 1.65 bits per heavy atom. The van der Waals surface area contributed by atoms with E-state index in [9.17, 15) is 33.4 Å². The van der Waals surface area contributed by atoms with Gasteiger partial charge in [0, 0.05) is 24.3 Å². The number of benzene rings is 3. The molecular formula is C22H13ClN4O8S2. The Morgan fingerprint density at radius 1 is 0.973 bits per heavy atom.